The normalized spacial score (nSPS) is 16.6. The number of aromatic carboxylic acids is 1. The molecule has 2 aromatic carbocycles. The Hall–Kier alpha value is -2.70. The van der Waals surface area contributed by atoms with Crippen molar-refractivity contribution < 1.29 is 19.0 Å². The van der Waals surface area contributed by atoms with Crippen molar-refractivity contribution in [3.8, 4) is 0 Å². The third kappa shape index (κ3) is 4.04. The van der Waals surface area contributed by atoms with Crippen LogP contribution in [0.2, 0.25) is 0 Å². The second-order valence-electron chi connectivity index (χ2n) is 7.60. The Balaban J connectivity index is 1.74. The average molecular weight is 396 g/mol. The summed E-state index contributed by atoms with van der Waals surface area (Å²) in [6, 6.07) is 12.4. The van der Waals surface area contributed by atoms with Gasteiger partial charge in [-0.3, -0.25) is 0 Å². The Kier molecular flexibility index (Phi) is 5.65. The number of fused-ring (bicyclic) bond motifs is 1. The molecule has 0 amide bonds. The summed E-state index contributed by atoms with van der Waals surface area (Å²) in [5.41, 5.74) is 3.22. The highest BCUT2D eigenvalue weighted by Gasteiger charge is 2.23. The van der Waals surface area contributed by atoms with Crippen LogP contribution in [-0.4, -0.2) is 34.9 Å². The van der Waals surface area contributed by atoms with Crippen molar-refractivity contribution in [1.29, 1.82) is 0 Å². The molecule has 5 nitrogen and oxygen atoms in total. The van der Waals surface area contributed by atoms with Crippen LogP contribution >= 0.6 is 0 Å². The average Bonchev–Trinajstić information content (AvgIpc) is 3.30. The fourth-order valence-corrected chi connectivity index (χ4v) is 4.08. The van der Waals surface area contributed by atoms with Gasteiger partial charge >= 0.3 is 5.97 Å². The van der Waals surface area contributed by atoms with Crippen molar-refractivity contribution in [3.63, 3.8) is 0 Å². The summed E-state index contributed by atoms with van der Waals surface area (Å²) in [6.07, 6.45) is 2.26. The van der Waals surface area contributed by atoms with Crippen LogP contribution in [0.3, 0.4) is 0 Å². The van der Waals surface area contributed by atoms with E-state index >= 15 is 0 Å². The van der Waals surface area contributed by atoms with Crippen LogP contribution in [0.5, 0.6) is 0 Å². The Bertz CT molecular complexity index is 1040. The van der Waals surface area contributed by atoms with Crippen molar-refractivity contribution in [1.82, 2.24) is 9.88 Å². The summed E-state index contributed by atoms with van der Waals surface area (Å²) in [7, 11) is 0. The minimum Gasteiger partial charge on any atom is -0.477 e. The number of aromatic nitrogens is 1. The number of aryl methyl sites for hydroxylation is 1. The third-order valence-electron chi connectivity index (χ3n) is 5.51. The molecule has 1 aliphatic heterocycles. The molecule has 0 saturated carbocycles. The van der Waals surface area contributed by atoms with Crippen molar-refractivity contribution in [2.75, 3.05) is 13.2 Å². The van der Waals surface area contributed by atoms with E-state index in [1.165, 1.54) is 6.07 Å². The number of carbonyl (C=O) groups is 1. The minimum absolute atomic E-state index is 0.167. The van der Waals surface area contributed by atoms with E-state index in [0.29, 0.717) is 18.7 Å². The van der Waals surface area contributed by atoms with Gasteiger partial charge in [0.2, 0.25) is 0 Å². The maximum Gasteiger partial charge on any atom is 0.352 e. The molecule has 0 radical (unpaired) electrons. The lowest BCUT2D eigenvalue weighted by Crippen LogP contribution is -2.26. The van der Waals surface area contributed by atoms with Gasteiger partial charge in [0.1, 0.15) is 11.5 Å². The molecule has 1 fully saturated rings. The van der Waals surface area contributed by atoms with Gasteiger partial charge in [0.15, 0.2) is 0 Å². The van der Waals surface area contributed by atoms with Gasteiger partial charge in [-0.2, -0.15) is 0 Å². The first kappa shape index (κ1) is 19.6. The van der Waals surface area contributed by atoms with E-state index < -0.39 is 5.97 Å². The summed E-state index contributed by atoms with van der Waals surface area (Å²) in [4.78, 5) is 12.2. The van der Waals surface area contributed by atoms with Crippen molar-refractivity contribution in [2.45, 2.75) is 39.0 Å². The second kappa shape index (κ2) is 8.35. The molecule has 6 heteroatoms. The van der Waals surface area contributed by atoms with Crippen LogP contribution in [0.1, 0.15) is 40.0 Å². The fraction of sp³-hybridized carbons (Fsp3) is 0.348. The molecule has 0 spiro atoms. The molecular weight excluding hydrogens is 371 g/mol. The number of halogens is 1. The molecule has 2 N–H and O–H groups in total. The number of nitrogens with one attached hydrogen (secondary N) is 1. The van der Waals surface area contributed by atoms with Crippen molar-refractivity contribution >= 4 is 16.9 Å². The molecule has 3 aromatic rings. The molecule has 2 heterocycles. The minimum atomic E-state index is -1.01. The third-order valence-corrected chi connectivity index (χ3v) is 5.51. The van der Waals surface area contributed by atoms with E-state index in [1.807, 2.05) is 25.1 Å². The molecule has 0 unspecified atom stereocenters. The van der Waals surface area contributed by atoms with Crippen LogP contribution in [0.15, 0.2) is 42.5 Å². The zero-order valence-electron chi connectivity index (χ0n) is 16.5. The highest BCUT2D eigenvalue weighted by molar-refractivity contribution is 5.98. The van der Waals surface area contributed by atoms with Gasteiger partial charge in [0.25, 0.3) is 0 Å². The van der Waals surface area contributed by atoms with Crippen molar-refractivity contribution in [3.05, 3.63) is 70.7 Å². The molecule has 1 atom stereocenters. The first-order valence-corrected chi connectivity index (χ1v) is 9.95. The zero-order chi connectivity index (χ0) is 20.4. The van der Waals surface area contributed by atoms with Gasteiger partial charge in [0, 0.05) is 41.7 Å². The number of carboxylic acid groups (broad SMARTS) is 1. The lowest BCUT2D eigenvalue weighted by molar-refractivity contribution is 0.0684. The summed E-state index contributed by atoms with van der Waals surface area (Å²) in [5, 5.41) is 14.2. The highest BCUT2D eigenvalue weighted by Crippen LogP contribution is 2.29. The van der Waals surface area contributed by atoms with Gasteiger partial charge in [-0.05, 0) is 37.5 Å². The fourth-order valence-electron chi connectivity index (χ4n) is 4.08. The summed E-state index contributed by atoms with van der Waals surface area (Å²) >= 11 is 0. The summed E-state index contributed by atoms with van der Waals surface area (Å²) < 4.78 is 21.6. The molecular formula is C23H25FN2O3. The van der Waals surface area contributed by atoms with Gasteiger partial charge in [0.05, 0.1) is 12.6 Å². The quantitative estimate of drug-likeness (QED) is 0.631. The number of carboxylic acids is 1. The highest BCUT2D eigenvalue weighted by atomic mass is 19.1. The standard InChI is InChI=1S/C23H25FN2O3/c1-15-8-9-18-19(13-25-12-17-6-4-10-29-17)22(23(27)28)26(21(18)11-15)14-16-5-2-3-7-20(16)24/h2-3,5,7-9,11,17,25H,4,6,10,12-14H2,1H3,(H,27,28)/t17-/m0/s1. The van der Waals surface area contributed by atoms with Crippen LogP contribution in [0, 0.1) is 12.7 Å². The molecule has 1 saturated heterocycles. The molecule has 1 aliphatic rings. The SMILES string of the molecule is Cc1ccc2c(CNC[C@@H]3CCCO3)c(C(=O)O)n(Cc3ccccc3F)c2c1. The topological polar surface area (TPSA) is 63.5 Å². The molecule has 0 aliphatic carbocycles. The second-order valence-corrected chi connectivity index (χ2v) is 7.60. The van der Waals surface area contributed by atoms with E-state index in [1.54, 1.807) is 22.8 Å². The maximum atomic E-state index is 14.3. The number of hydrogen-bond acceptors (Lipinski definition) is 3. The Labute approximate surface area is 169 Å². The largest absolute Gasteiger partial charge is 0.477 e. The number of hydrogen-bond donors (Lipinski definition) is 2. The van der Waals surface area contributed by atoms with E-state index in [2.05, 4.69) is 5.32 Å². The number of nitrogens with zero attached hydrogens (tertiary/aromatic N) is 1. The molecule has 0 bridgehead atoms. The van der Waals surface area contributed by atoms with Crippen LogP contribution < -0.4 is 5.32 Å². The lowest BCUT2D eigenvalue weighted by atomic mass is 10.1. The molecule has 1 aromatic heterocycles. The van der Waals surface area contributed by atoms with Gasteiger partial charge < -0.3 is 19.7 Å². The van der Waals surface area contributed by atoms with E-state index in [9.17, 15) is 14.3 Å². The van der Waals surface area contributed by atoms with Crippen molar-refractivity contribution in [2.24, 2.45) is 0 Å². The summed E-state index contributed by atoms with van der Waals surface area (Å²) in [6.45, 7) is 4.03. The Morgan fingerprint density at radius 2 is 2.14 bits per heavy atom. The number of benzene rings is 2. The maximum absolute atomic E-state index is 14.3. The predicted octanol–water partition coefficient (Wildman–Crippen LogP) is 4.10. The Morgan fingerprint density at radius 1 is 1.31 bits per heavy atom. The van der Waals surface area contributed by atoms with Crippen LogP contribution in [-0.2, 0) is 17.8 Å². The smallest absolute Gasteiger partial charge is 0.352 e. The zero-order valence-corrected chi connectivity index (χ0v) is 16.5. The van der Waals surface area contributed by atoms with E-state index in [0.717, 1.165) is 41.5 Å². The lowest BCUT2D eigenvalue weighted by Gasteiger charge is -2.12. The predicted molar refractivity (Wildman–Crippen MR) is 110 cm³/mol. The molecule has 29 heavy (non-hydrogen) atoms. The van der Waals surface area contributed by atoms with Crippen LogP contribution in [0.4, 0.5) is 4.39 Å². The van der Waals surface area contributed by atoms with Gasteiger partial charge in [-0.15, -0.1) is 0 Å². The summed E-state index contributed by atoms with van der Waals surface area (Å²) in [5.74, 6) is -1.35. The first-order valence-electron chi connectivity index (χ1n) is 9.95. The first-order chi connectivity index (χ1) is 14.0. The monoisotopic (exact) mass is 396 g/mol. The van der Waals surface area contributed by atoms with Gasteiger partial charge in [-0.25, -0.2) is 9.18 Å². The van der Waals surface area contributed by atoms with Gasteiger partial charge in [-0.1, -0.05) is 30.3 Å². The van der Waals surface area contributed by atoms with E-state index in [-0.39, 0.29) is 24.2 Å². The molecule has 4 rings (SSSR count). The number of ether oxygens (including phenoxy) is 1. The van der Waals surface area contributed by atoms with Crippen LogP contribution in [0.25, 0.3) is 10.9 Å². The Morgan fingerprint density at radius 3 is 2.86 bits per heavy atom. The molecule has 152 valence electrons. The van der Waals surface area contributed by atoms with E-state index in [4.69, 9.17) is 4.74 Å². The number of rotatable bonds is 7.